The van der Waals surface area contributed by atoms with Crippen LogP contribution in [-0.4, -0.2) is 27.9 Å². The fourth-order valence-electron chi connectivity index (χ4n) is 13.3. The lowest BCUT2D eigenvalue weighted by atomic mass is 9.42. The third-order valence-electron chi connectivity index (χ3n) is 15.8. The highest BCUT2D eigenvalue weighted by molar-refractivity contribution is 7.91. The standard InChI is InChI=1S/C59H44N4O2S/c64-66(65)53-20-9-7-18-49(53)59(44-30-36-29-37(32-44)33-45(59)31-36)50-35-43(24-28-54(50)66)58-61-56(40-12-2-1-3-13-40)60-57(62-58)42-15-10-14-41(34-42)38-21-25-46(26-22-38)63-51-19-8-6-17-48(51)55-47-16-5-4-11-39(47)23-27-52(55)63/h1-28,34-37,44-45H,29-33H2. The van der Waals surface area contributed by atoms with Gasteiger partial charge in [-0.05, 0) is 143 Å². The first-order valence-electron chi connectivity index (χ1n) is 23.3. The number of benzene rings is 8. The van der Waals surface area contributed by atoms with Crippen molar-refractivity contribution in [2.45, 2.75) is 47.3 Å². The normalized spacial score (nSPS) is 22.2. The van der Waals surface area contributed by atoms with E-state index in [0.29, 0.717) is 39.1 Å². The van der Waals surface area contributed by atoms with Crippen LogP contribution < -0.4 is 0 Å². The molecule has 0 N–H and O–H groups in total. The molecule has 15 rings (SSSR count). The van der Waals surface area contributed by atoms with Gasteiger partial charge in [-0.3, -0.25) is 0 Å². The van der Waals surface area contributed by atoms with E-state index in [2.05, 4.69) is 126 Å². The SMILES string of the molecule is O=S1(=O)c2ccccc2C2(c3cc(-c4nc(-c5ccccc5)nc(-c5cccc(-c6ccc(-n7c8ccccc8c8c9ccccc9ccc87)cc6)c5)n4)ccc31)C1CC3CC(C1)CC2C3. The van der Waals surface area contributed by atoms with Gasteiger partial charge in [-0.2, -0.15) is 0 Å². The largest absolute Gasteiger partial charge is 0.309 e. The maximum absolute atomic E-state index is 14.6. The Hall–Kier alpha value is -7.22. The van der Waals surface area contributed by atoms with Gasteiger partial charge in [0.1, 0.15) is 0 Å². The van der Waals surface area contributed by atoms with Crippen LogP contribution in [0, 0.1) is 23.7 Å². The molecule has 5 aliphatic rings. The molecule has 0 unspecified atom stereocenters. The molecule has 0 atom stereocenters. The van der Waals surface area contributed by atoms with Gasteiger partial charge in [-0.15, -0.1) is 0 Å². The second kappa shape index (κ2) is 14.1. The highest BCUT2D eigenvalue weighted by Gasteiger charge is 2.62. The zero-order valence-electron chi connectivity index (χ0n) is 36.2. The number of sulfone groups is 1. The number of hydrogen-bond donors (Lipinski definition) is 0. The summed E-state index contributed by atoms with van der Waals surface area (Å²) in [7, 11) is -3.74. The summed E-state index contributed by atoms with van der Waals surface area (Å²) in [6.07, 6.45) is 5.91. The van der Waals surface area contributed by atoms with Gasteiger partial charge in [0, 0.05) is 38.6 Å². The lowest BCUT2D eigenvalue weighted by molar-refractivity contribution is -0.0446. The fourth-order valence-corrected chi connectivity index (χ4v) is 15.1. The van der Waals surface area contributed by atoms with Crippen molar-refractivity contribution in [1.29, 1.82) is 0 Å². The number of fused-ring (bicyclic) bond motifs is 7. The number of para-hydroxylation sites is 1. The van der Waals surface area contributed by atoms with E-state index in [0.717, 1.165) is 82.2 Å². The summed E-state index contributed by atoms with van der Waals surface area (Å²) in [5.41, 5.74) is 9.74. The fraction of sp³-hybridized carbons (Fsp3) is 0.169. The van der Waals surface area contributed by atoms with Gasteiger partial charge < -0.3 is 4.57 Å². The summed E-state index contributed by atoms with van der Waals surface area (Å²) >= 11 is 0. The van der Waals surface area contributed by atoms with Gasteiger partial charge in [-0.1, -0.05) is 127 Å². The minimum absolute atomic E-state index is 0.362. The van der Waals surface area contributed by atoms with Crippen LogP contribution in [0.25, 0.3) is 83.6 Å². The molecule has 1 aliphatic heterocycles. The topological polar surface area (TPSA) is 77.7 Å². The Bertz CT molecular complexity index is 3720. The minimum atomic E-state index is -3.74. The second-order valence-electron chi connectivity index (χ2n) is 19.2. The van der Waals surface area contributed by atoms with E-state index in [1.165, 1.54) is 39.0 Å². The predicted octanol–water partition coefficient (Wildman–Crippen LogP) is 13.7. The van der Waals surface area contributed by atoms with Gasteiger partial charge in [0.2, 0.25) is 9.84 Å². The molecule has 4 bridgehead atoms. The Morgan fingerprint density at radius 2 is 1.03 bits per heavy atom. The Kier molecular flexibility index (Phi) is 8.16. The summed E-state index contributed by atoms with van der Waals surface area (Å²) in [5, 5.41) is 5.00. The van der Waals surface area contributed by atoms with E-state index in [-0.39, 0.29) is 5.41 Å². The van der Waals surface area contributed by atoms with Crippen molar-refractivity contribution >= 4 is 42.4 Å². The summed E-state index contributed by atoms with van der Waals surface area (Å²) in [6.45, 7) is 0. The molecule has 7 heteroatoms. The smallest absolute Gasteiger partial charge is 0.207 e. The van der Waals surface area contributed by atoms with Gasteiger partial charge in [-0.25, -0.2) is 23.4 Å². The first-order chi connectivity index (χ1) is 32.4. The van der Waals surface area contributed by atoms with Gasteiger partial charge >= 0.3 is 0 Å². The first kappa shape index (κ1) is 38.1. The maximum Gasteiger partial charge on any atom is 0.207 e. The Morgan fingerprint density at radius 3 is 1.80 bits per heavy atom. The van der Waals surface area contributed by atoms with Crippen molar-refractivity contribution in [3.05, 3.63) is 193 Å². The van der Waals surface area contributed by atoms with Crippen LogP contribution in [0.1, 0.15) is 43.2 Å². The quantitative estimate of drug-likeness (QED) is 0.172. The van der Waals surface area contributed by atoms with E-state index in [1.807, 2.05) is 60.7 Å². The summed E-state index contributed by atoms with van der Waals surface area (Å²) in [6, 6.07) is 62.9. The highest BCUT2D eigenvalue weighted by atomic mass is 32.2. The third-order valence-corrected chi connectivity index (χ3v) is 17.7. The molecule has 4 saturated carbocycles. The molecule has 10 aromatic rings. The molecule has 0 amide bonds. The molecular formula is C59H44N4O2S. The predicted molar refractivity (Wildman–Crippen MR) is 263 cm³/mol. The second-order valence-corrected chi connectivity index (χ2v) is 21.1. The van der Waals surface area contributed by atoms with Crippen molar-refractivity contribution in [3.63, 3.8) is 0 Å². The number of nitrogens with zero attached hydrogens (tertiary/aromatic N) is 4. The minimum Gasteiger partial charge on any atom is -0.309 e. The molecule has 4 aliphatic carbocycles. The lowest BCUT2D eigenvalue weighted by Gasteiger charge is -2.63. The Morgan fingerprint density at radius 1 is 0.439 bits per heavy atom. The Balaban J connectivity index is 0.884. The third kappa shape index (κ3) is 5.47. The van der Waals surface area contributed by atoms with E-state index < -0.39 is 9.84 Å². The van der Waals surface area contributed by atoms with E-state index in [9.17, 15) is 8.42 Å². The summed E-state index contributed by atoms with van der Waals surface area (Å²) < 4.78 is 31.5. The van der Waals surface area contributed by atoms with Crippen LogP contribution in [0.2, 0.25) is 0 Å². The molecule has 6 nitrogen and oxygen atoms in total. The van der Waals surface area contributed by atoms with Gasteiger partial charge in [0.15, 0.2) is 17.5 Å². The van der Waals surface area contributed by atoms with Crippen molar-refractivity contribution in [2.24, 2.45) is 23.7 Å². The van der Waals surface area contributed by atoms with Gasteiger partial charge in [0.25, 0.3) is 0 Å². The Labute approximate surface area is 383 Å². The molecule has 3 heterocycles. The van der Waals surface area contributed by atoms with E-state index in [1.54, 1.807) is 0 Å². The van der Waals surface area contributed by atoms with E-state index >= 15 is 0 Å². The highest BCUT2D eigenvalue weighted by Crippen LogP contribution is 2.68. The molecule has 0 radical (unpaired) electrons. The van der Waals surface area contributed by atoms with Crippen LogP contribution in [0.3, 0.4) is 0 Å². The van der Waals surface area contributed by atoms with Crippen molar-refractivity contribution in [2.75, 3.05) is 0 Å². The monoisotopic (exact) mass is 872 g/mol. The van der Waals surface area contributed by atoms with Crippen LogP contribution >= 0.6 is 0 Å². The number of aromatic nitrogens is 4. The van der Waals surface area contributed by atoms with Crippen LogP contribution in [0.5, 0.6) is 0 Å². The average molecular weight is 873 g/mol. The number of hydrogen-bond acceptors (Lipinski definition) is 5. The van der Waals surface area contributed by atoms with Crippen LogP contribution in [0.15, 0.2) is 192 Å². The molecule has 66 heavy (non-hydrogen) atoms. The van der Waals surface area contributed by atoms with Crippen molar-refractivity contribution < 1.29 is 8.42 Å². The summed E-state index contributed by atoms with van der Waals surface area (Å²) in [4.78, 5) is 16.5. The molecular weight excluding hydrogens is 829 g/mol. The number of rotatable bonds is 5. The molecule has 8 aromatic carbocycles. The molecule has 4 fully saturated rings. The molecule has 318 valence electrons. The van der Waals surface area contributed by atoms with Crippen molar-refractivity contribution in [3.8, 4) is 51.0 Å². The zero-order valence-corrected chi connectivity index (χ0v) is 37.0. The summed E-state index contributed by atoms with van der Waals surface area (Å²) in [5.74, 6) is 3.92. The van der Waals surface area contributed by atoms with Crippen LogP contribution in [-0.2, 0) is 15.3 Å². The maximum atomic E-state index is 14.6. The zero-order chi connectivity index (χ0) is 43.7. The van der Waals surface area contributed by atoms with E-state index in [4.69, 9.17) is 15.0 Å². The molecule has 1 spiro atoms. The average Bonchev–Trinajstić information content (AvgIpc) is 3.71. The molecule has 2 aromatic heterocycles. The van der Waals surface area contributed by atoms with Crippen LogP contribution in [0.4, 0.5) is 0 Å². The first-order valence-corrected chi connectivity index (χ1v) is 24.8. The lowest BCUT2D eigenvalue weighted by Crippen LogP contribution is -2.57. The van der Waals surface area contributed by atoms with Gasteiger partial charge in [0.05, 0.1) is 20.8 Å². The molecule has 0 saturated heterocycles. The van der Waals surface area contributed by atoms with Crippen molar-refractivity contribution in [1.82, 2.24) is 19.5 Å².